The summed E-state index contributed by atoms with van der Waals surface area (Å²) < 4.78 is 1.01. The van der Waals surface area contributed by atoms with Gasteiger partial charge in [-0.2, -0.15) is 0 Å². The summed E-state index contributed by atoms with van der Waals surface area (Å²) in [5, 5.41) is 0. The quantitative estimate of drug-likeness (QED) is 0.795. The minimum absolute atomic E-state index is 0.964. The molecule has 1 aromatic carbocycles. The lowest BCUT2D eigenvalue weighted by atomic mass is 10.1. The molecule has 0 fully saturated rings. The average Bonchev–Trinajstić information content (AvgIpc) is 2.47. The van der Waals surface area contributed by atoms with Crippen molar-refractivity contribution < 1.29 is 0 Å². The van der Waals surface area contributed by atoms with E-state index >= 15 is 0 Å². The number of aryl methyl sites for hydroxylation is 1. The van der Waals surface area contributed by atoms with Gasteiger partial charge >= 0.3 is 0 Å². The van der Waals surface area contributed by atoms with Crippen LogP contribution in [-0.4, -0.2) is 17.8 Å². The zero-order chi connectivity index (χ0) is 13.2. The van der Waals surface area contributed by atoms with Gasteiger partial charge in [-0.1, -0.05) is 0 Å². The Kier molecular flexibility index (Phi) is 3.80. The number of nitrogens with zero attached hydrogens (tertiary/aromatic N) is 2. The van der Waals surface area contributed by atoms with Crippen molar-refractivity contribution in [1.82, 2.24) is 4.98 Å². The Morgan fingerprint density at radius 1 is 1.26 bits per heavy atom. The Morgan fingerprint density at radius 3 is 2.95 bits per heavy atom. The zero-order valence-corrected chi connectivity index (χ0v) is 13.2. The van der Waals surface area contributed by atoms with Gasteiger partial charge in [-0.25, -0.2) is 4.98 Å². The van der Waals surface area contributed by atoms with E-state index in [9.17, 15) is 0 Å². The number of hydrogen-bond acceptors (Lipinski definition) is 3. The van der Waals surface area contributed by atoms with Crippen LogP contribution in [0.2, 0.25) is 0 Å². The first kappa shape index (κ1) is 13.0. The van der Waals surface area contributed by atoms with Crippen LogP contribution in [0.25, 0.3) is 0 Å². The molecule has 1 aliphatic heterocycles. The molecule has 1 aliphatic rings. The number of halogens is 1. The number of hydrogen-bond donors (Lipinski definition) is 0. The van der Waals surface area contributed by atoms with Gasteiger partial charge in [-0.15, -0.1) is 11.8 Å². The molecule has 98 valence electrons. The first-order valence-corrected chi connectivity index (χ1v) is 8.13. The van der Waals surface area contributed by atoms with Crippen LogP contribution in [0.15, 0.2) is 45.9 Å². The molecular weight excluding hydrogens is 320 g/mol. The molecule has 0 saturated carbocycles. The number of benzene rings is 1. The minimum Gasteiger partial charge on any atom is -0.329 e. The Labute approximate surface area is 126 Å². The molecular formula is C15H15BrN2S. The summed E-state index contributed by atoms with van der Waals surface area (Å²) in [6.07, 6.45) is 4.30. The highest BCUT2D eigenvalue weighted by Crippen LogP contribution is 2.33. The summed E-state index contributed by atoms with van der Waals surface area (Å²) in [7, 11) is 2.06. The number of pyridine rings is 1. The normalized spacial score (nSPS) is 14.0. The van der Waals surface area contributed by atoms with Crippen molar-refractivity contribution in [2.75, 3.05) is 17.7 Å². The summed E-state index contributed by atoms with van der Waals surface area (Å²) in [6.45, 7) is 0. The highest BCUT2D eigenvalue weighted by atomic mass is 79.9. The third-order valence-corrected chi connectivity index (χ3v) is 5.01. The molecule has 0 bridgehead atoms. The number of anilines is 2. The smallest absolute Gasteiger partial charge is 0.132 e. The molecule has 19 heavy (non-hydrogen) atoms. The Morgan fingerprint density at radius 2 is 2.16 bits per heavy atom. The third-order valence-electron chi connectivity index (χ3n) is 3.33. The molecule has 1 aromatic heterocycles. The van der Waals surface area contributed by atoms with Crippen molar-refractivity contribution in [3.05, 3.63) is 46.6 Å². The van der Waals surface area contributed by atoms with Crippen LogP contribution >= 0.6 is 27.7 Å². The number of aromatic nitrogens is 1. The molecule has 4 heteroatoms. The molecule has 0 atom stereocenters. The van der Waals surface area contributed by atoms with E-state index in [4.69, 9.17) is 0 Å². The van der Waals surface area contributed by atoms with E-state index < -0.39 is 0 Å². The molecule has 0 saturated heterocycles. The second-order valence-corrected chi connectivity index (χ2v) is 6.69. The second-order valence-electron chi connectivity index (χ2n) is 4.64. The number of thioether (sulfide) groups is 1. The van der Waals surface area contributed by atoms with Gasteiger partial charge in [-0.05, 0) is 70.4 Å². The molecule has 0 N–H and O–H groups in total. The van der Waals surface area contributed by atoms with Crippen LogP contribution in [-0.2, 0) is 6.42 Å². The van der Waals surface area contributed by atoms with Crippen LogP contribution in [0, 0.1) is 0 Å². The molecule has 0 spiro atoms. The molecule has 2 heterocycles. The van der Waals surface area contributed by atoms with E-state index in [-0.39, 0.29) is 0 Å². The van der Waals surface area contributed by atoms with Crippen molar-refractivity contribution in [3.8, 4) is 0 Å². The van der Waals surface area contributed by atoms with Crippen molar-refractivity contribution in [2.45, 2.75) is 17.7 Å². The fraction of sp³-hybridized carbons (Fsp3) is 0.267. The molecule has 0 amide bonds. The van der Waals surface area contributed by atoms with Crippen LogP contribution in [0.3, 0.4) is 0 Å². The molecule has 0 radical (unpaired) electrons. The van der Waals surface area contributed by atoms with Gasteiger partial charge in [0.1, 0.15) is 5.82 Å². The van der Waals surface area contributed by atoms with Crippen molar-refractivity contribution in [1.29, 1.82) is 0 Å². The topological polar surface area (TPSA) is 16.1 Å². The van der Waals surface area contributed by atoms with E-state index in [2.05, 4.69) is 51.1 Å². The minimum atomic E-state index is 0.964. The van der Waals surface area contributed by atoms with Gasteiger partial charge in [-0.3, -0.25) is 0 Å². The molecule has 3 rings (SSSR count). The van der Waals surface area contributed by atoms with Crippen LogP contribution in [0.1, 0.15) is 12.0 Å². The monoisotopic (exact) mass is 334 g/mol. The largest absolute Gasteiger partial charge is 0.329 e. The van der Waals surface area contributed by atoms with E-state index in [1.807, 2.05) is 30.1 Å². The zero-order valence-electron chi connectivity index (χ0n) is 10.8. The standard InChI is InChI=1S/C15H15BrN2S/c1-18(15-7-4-12(16)10-17-15)13-5-6-14-11(9-13)3-2-8-19-14/h4-7,9-10H,2-3,8H2,1H3. The van der Waals surface area contributed by atoms with E-state index in [0.29, 0.717) is 0 Å². The fourth-order valence-electron chi connectivity index (χ4n) is 2.25. The van der Waals surface area contributed by atoms with E-state index in [1.165, 1.54) is 34.7 Å². The molecule has 0 aliphatic carbocycles. The highest BCUT2D eigenvalue weighted by Gasteiger charge is 2.12. The van der Waals surface area contributed by atoms with Gasteiger partial charge in [0.2, 0.25) is 0 Å². The molecule has 2 aromatic rings. The fourth-order valence-corrected chi connectivity index (χ4v) is 3.51. The van der Waals surface area contributed by atoms with Crippen LogP contribution in [0.4, 0.5) is 11.5 Å². The summed E-state index contributed by atoms with van der Waals surface area (Å²) in [4.78, 5) is 8.01. The Bertz CT molecular complexity index is 583. The first-order chi connectivity index (χ1) is 9.24. The van der Waals surface area contributed by atoms with E-state index in [1.54, 1.807) is 0 Å². The maximum absolute atomic E-state index is 4.44. The highest BCUT2D eigenvalue weighted by molar-refractivity contribution is 9.10. The Hall–Kier alpha value is -1.00. The number of rotatable bonds is 2. The van der Waals surface area contributed by atoms with Crippen LogP contribution < -0.4 is 4.90 Å². The van der Waals surface area contributed by atoms with Gasteiger partial charge in [0.15, 0.2) is 0 Å². The molecule has 2 nitrogen and oxygen atoms in total. The maximum atomic E-state index is 4.44. The van der Waals surface area contributed by atoms with Crippen molar-refractivity contribution in [2.24, 2.45) is 0 Å². The van der Waals surface area contributed by atoms with Crippen molar-refractivity contribution >= 4 is 39.2 Å². The van der Waals surface area contributed by atoms with E-state index in [0.717, 1.165) is 10.3 Å². The first-order valence-electron chi connectivity index (χ1n) is 6.35. The lowest BCUT2D eigenvalue weighted by Gasteiger charge is -2.22. The van der Waals surface area contributed by atoms with Gasteiger partial charge in [0, 0.05) is 28.3 Å². The summed E-state index contributed by atoms with van der Waals surface area (Å²) in [5.74, 6) is 2.21. The lowest BCUT2D eigenvalue weighted by Crippen LogP contribution is -2.12. The van der Waals surface area contributed by atoms with Gasteiger partial charge < -0.3 is 4.90 Å². The lowest BCUT2D eigenvalue weighted by molar-refractivity contribution is 0.888. The summed E-state index contributed by atoms with van der Waals surface area (Å²) >= 11 is 5.38. The van der Waals surface area contributed by atoms with Gasteiger partial charge in [0.05, 0.1) is 0 Å². The van der Waals surface area contributed by atoms with Crippen LogP contribution in [0.5, 0.6) is 0 Å². The Balaban J connectivity index is 1.91. The maximum Gasteiger partial charge on any atom is 0.132 e. The predicted molar refractivity (Wildman–Crippen MR) is 85.5 cm³/mol. The predicted octanol–water partition coefficient (Wildman–Crippen LogP) is 4.65. The second kappa shape index (κ2) is 5.55. The third kappa shape index (κ3) is 2.79. The average molecular weight is 335 g/mol. The summed E-state index contributed by atoms with van der Waals surface area (Å²) in [5.41, 5.74) is 2.67. The molecule has 0 unspecified atom stereocenters. The summed E-state index contributed by atoms with van der Waals surface area (Å²) in [6, 6.07) is 10.8. The van der Waals surface area contributed by atoms with Gasteiger partial charge in [0.25, 0.3) is 0 Å². The van der Waals surface area contributed by atoms with Crippen molar-refractivity contribution in [3.63, 3.8) is 0 Å². The SMILES string of the molecule is CN(c1ccc2c(c1)CCCS2)c1ccc(Br)cn1. The number of fused-ring (bicyclic) bond motifs is 1.